The summed E-state index contributed by atoms with van der Waals surface area (Å²) in [5.74, 6) is -2.68. The predicted octanol–water partition coefficient (Wildman–Crippen LogP) is 1.08. The number of nitrogens with zero attached hydrogens (tertiary/aromatic N) is 1. The Balaban J connectivity index is 2.00. The highest BCUT2D eigenvalue weighted by atomic mass is 19.1. The number of aliphatic carboxylic acids is 1. The van der Waals surface area contributed by atoms with E-state index >= 15 is 0 Å². The van der Waals surface area contributed by atoms with Gasteiger partial charge in [-0.05, 0) is 37.8 Å². The Kier molecular flexibility index (Phi) is 3.87. The van der Waals surface area contributed by atoms with Gasteiger partial charge < -0.3 is 14.6 Å². The fourth-order valence-corrected chi connectivity index (χ4v) is 3.42. The van der Waals surface area contributed by atoms with Crippen LogP contribution in [0.5, 0.6) is 0 Å². The zero-order chi connectivity index (χ0) is 15.7. The van der Waals surface area contributed by atoms with Crippen LogP contribution >= 0.6 is 0 Å². The van der Waals surface area contributed by atoms with Gasteiger partial charge in [0.25, 0.3) is 5.91 Å². The van der Waals surface area contributed by atoms with Crippen molar-refractivity contribution in [1.82, 2.24) is 4.90 Å². The third-order valence-corrected chi connectivity index (χ3v) is 4.49. The molecule has 1 aliphatic carbocycles. The molecule has 3 rings (SSSR count). The number of carbonyl (C=O) groups excluding carboxylic acids is 2. The Hall–Kier alpha value is -1.95. The minimum Gasteiger partial charge on any atom is -0.548 e. The van der Waals surface area contributed by atoms with Gasteiger partial charge in [-0.2, -0.15) is 0 Å². The topological polar surface area (TPSA) is 69.7 Å². The van der Waals surface area contributed by atoms with Gasteiger partial charge in [0, 0.05) is 0 Å². The number of rotatable bonds is 2. The van der Waals surface area contributed by atoms with Gasteiger partial charge in [-0.25, -0.2) is 4.39 Å². The molecule has 1 heterocycles. The van der Waals surface area contributed by atoms with Crippen LogP contribution in [0.15, 0.2) is 24.3 Å². The van der Waals surface area contributed by atoms with Gasteiger partial charge in [0.2, 0.25) is 0 Å². The van der Waals surface area contributed by atoms with E-state index in [-0.39, 0.29) is 12.2 Å². The molecular formula is C16H17FNO4-. The number of ether oxygens (including phenoxy) is 1. The quantitative estimate of drug-likeness (QED) is 0.820. The van der Waals surface area contributed by atoms with Gasteiger partial charge >= 0.3 is 0 Å². The number of amides is 1. The molecule has 1 amide bonds. The largest absolute Gasteiger partial charge is 0.548 e. The van der Waals surface area contributed by atoms with Crippen molar-refractivity contribution in [2.45, 2.75) is 43.9 Å². The zero-order valence-electron chi connectivity index (χ0n) is 12.1. The van der Waals surface area contributed by atoms with Crippen molar-refractivity contribution >= 4 is 11.9 Å². The third kappa shape index (κ3) is 2.37. The Labute approximate surface area is 127 Å². The Morgan fingerprint density at radius 3 is 2.55 bits per heavy atom. The molecule has 5 nitrogen and oxygen atoms in total. The summed E-state index contributed by atoms with van der Waals surface area (Å²) in [6, 6.07) is 4.41. The Morgan fingerprint density at radius 2 is 1.91 bits per heavy atom. The van der Waals surface area contributed by atoms with Crippen molar-refractivity contribution < 1.29 is 23.8 Å². The molecular weight excluding hydrogens is 289 g/mol. The van der Waals surface area contributed by atoms with Gasteiger partial charge in [-0.15, -0.1) is 0 Å². The lowest BCUT2D eigenvalue weighted by Gasteiger charge is -2.42. The van der Waals surface area contributed by atoms with E-state index in [1.807, 2.05) is 0 Å². The molecule has 0 bridgehead atoms. The Morgan fingerprint density at radius 1 is 1.23 bits per heavy atom. The average molecular weight is 306 g/mol. The van der Waals surface area contributed by atoms with Crippen LogP contribution in [0.2, 0.25) is 0 Å². The molecule has 2 aliphatic rings. The smallest absolute Gasteiger partial charge is 0.259 e. The standard InChI is InChI=1S/C16H18FNO4/c17-12-7-3-2-6-11(12)14(19)18-13(15(20)21)10-22-16(18)8-4-1-5-9-16/h2-3,6-7,13H,1,4-5,8-10H2,(H,20,21)/p-1/t13-/m1/s1. The second-order valence-corrected chi connectivity index (χ2v) is 5.81. The minimum atomic E-state index is -1.37. The molecule has 2 fully saturated rings. The second kappa shape index (κ2) is 5.68. The number of benzene rings is 1. The first kappa shape index (κ1) is 15.0. The highest BCUT2D eigenvalue weighted by Gasteiger charge is 2.51. The lowest BCUT2D eigenvalue weighted by Crippen LogP contribution is -2.57. The van der Waals surface area contributed by atoms with E-state index in [1.54, 1.807) is 6.07 Å². The summed E-state index contributed by atoms with van der Waals surface area (Å²) < 4.78 is 19.6. The lowest BCUT2D eigenvalue weighted by molar-refractivity contribution is -0.310. The maximum Gasteiger partial charge on any atom is 0.259 e. The molecule has 0 radical (unpaired) electrons. The summed E-state index contributed by atoms with van der Waals surface area (Å²) in [6.07, 6.45) is 3.85. The first-order valence-electron chi connectivity index (χ1n) is 7.48. The molecule has 1 aromatic rings. The summed E-state index contributed by atoms with van der Waals surface area (Å²) in [5.41, 5.74) is -1.08. The summed E-state index contributed by atoms with van der Waals surface area (Å²) in [6.45, 7) is -0.109. The van der Waals surface area contributed by atoms with Crippen LogP contribution < -0.4 is 5.11 Å². The summed E-state index contributed by atoms with van der Waals surface area (Å²) in [5, 5.41) is 11.4. The summed E-state index contributed by atoms with van der Waals surface area (Å²) >= 11 is 0. The fourth-order valence-electron chi connectivity index (χ4n) is 3.42. The number of hydrogen-bond acceptors (Lipinski definition) is 4. The SMILES string of the molecule is O=C([O-])[C@H]1COC2(CCCCC2)N1C(=O)c1ccccc1F. The van der Waals surface area contributed by atoms with Gasteiger partial charge in [-0.3, -0.25) is 9.69 Å². The van der Waals surface area contributed by atoms with E-state index < -0.39 is 29.5 Å². The van der Waals surface area contributed by atoms with Crippen molar-refractivity contribution in [3.8, 4) is 0 Å². The number of carboxylic acids is 1. The molecule has 118 valence electrons. The summed E-state index contributed by atoms with van der Waals surface area (Å²) in [4.78, 5) is 25.3. The highest BCUT2D eigenvalue weighted by Crippen LogP contribution is 2.41. The summed E-state index contributed by atoms with van der Waals surface area (Å²) in [7, 11) is 0. The van der Waals surface area contributed by atoms with Gasteiger partial charge in [0.05, 0.1) is 24.2 Å². The zero-order valence-corrected chi connectivity index (χ0v) is 12.1. The maximum atomic E-state index is 13.9. The average Bonchev–Trinajstić information content (AvgIpc) is 2.87. The van der Waals surface area contributed by atoms with Crippen LogP contribution in [0.3, 0.4) is 0 Å². The van der Waals surface area contributed by atoms with Crippen molar-refractivity contribution in [2.24, 2.45) is 0 Å². The molecule has 22 heavy (non-hydrogen) atoms. The van der Waals surface area contributed by atoms with Crippen molar-refractivity contribution in [2.75, 3.05) is 6.61 Å². The van der Waals surface area contributed by atoms with Crippen molar-refractivity contribution in [1.29, 1.82) is 0 Å². The van der Waals surface area contributed by atoms with E-state index in [9.17, 15) is 19.1 Å². The van der Waals surface area contributed by atoms with E-state index in [1.165, 1.54) is 23.1 Å². The molecule has 1 spiro atoms. The number of carbonyl (C=O) groups is 2. The molecule has 1 aromatic carbocycles. The maximum absolute atomic E-state index is 13.9. The van der Waals surface area contributed by atoms with Crippen molar-refractivity contribution in [3.05, 3.63) is 35.6 Å². The first-order valence-corrected chi connectivity index (χ1v) is 7.48. The molecule has 1 aliphatic heterocycles. The predicted molar refractivity (Wildman–Crippen MR) is 73.1 cm³/mol. The molecule has 0 aromatic heterocycles. The number of halogens is 1. The monoisotopic (exact) mass is 306 g/mol. The number of carboxylic acid groups (broad SMARTS) is 1. The van der Waals surface area contributed by atoms with Crippen LogP contribution in [0.4, 0.5) is 4.39 Å². The number of hydrogen-bond donors (Lipinski definition) is 0. The van der Waals surface area contributed by atoms with Crippen LogP contribution in [-0.2, 0) is 9.53 Å². The molecule has 0 unspecified atom stereocenters. The second-order valence-electron chi connectivity index (χ2n) is 5.81. The van der Waals surface area contributed by atoms with Crippen molar-refractivity contribution in [3.63, 3.8) is 0 Å². The minimum absolute atomic E-state index is 0.109. The van der Waals surface area contributed by atoms with Crippen LogP contribution in [0, 0.1) is 5.82 Å². The van der Waals surface area contributed by atoms with Gasteiger partial charge in [0.1, 0.15) is 11.5 Å². The van der Waals surface area contributed by atoms with E-state index in [0.717, 1.165) is 19.3 Å². The normalized spacial score (nSPS) is 23.7. The van der Waals surface area contributed by atoms with E-state index in [0.29, 0.717) is 12.8 Å². The first-order chi connectivity index (χ1) is 10.6. The molecule has 0 N–H and O–H groups in total. The Bertz CT molecular complexity index is 598. The third-order valence-electron chi connectivity index (χ3n) is 4.49. The highest BCUT2D eigenvalue weighted by molar-refractivity contribution is 5.97. The molecule has 6 heteroatoms. The van der Waals surface area contributed by atoms with Gasteiger partial charge in [0.15, 0.2) is 0 Å². The molecule has 1 saturated carbocycles. The van der Waals surface area contributed by atoms with Crippen LogP contribution in [-0.4, -0.2) is 35.2 Å². The van der Waals surface area contributed by atoms with Crippen LogP contribution in [0.25, 0.3) is 0 Å². The molecule has 1 saturated heterocycles. The molecule has 1 atom stereocenters. The lowest BCUT2D eigenvalue weighted by atomic mass is 9.89. The van der Waals surface area contributed by atoms with Gasteiger partial charge in [-0.1, -0.05) is 18.6 Å². The van der Waals surface area contributed by atoms with Crippen LogP contribution in [0.1, 0.15) is 42.5 Å². The fraction of sp³-hybridized carbons (Fsp3) is 0.500. The van der Waals surface area contributed by atoms with E-state index in [2.05, 4.69) is 0 Å². The van der Waals surface area contributed by atoms with E-state index in [4.69, 9.17) is 4.74 Å².